The van der Waals surface area contributed by atoms with Crippen molar-refractivity contribution in [2.45, 2.75) is 126 Å². The molecule has 4 heterocycles. The Morgan fingerprint density at radius 3 is 1.62 bits per heavy atom. The van der Waals surface area contributed by atoms with Gasteiger partial charge in [-0.05, 0) is 80.3 Å². The molecule has 8 rings (SSSR count). The highest BCUT2D eigenvalue weighted by molar-refractivity contribution is 5.95. The molecule has 0 saturated carbocycles. The number of carbonyl (C=O) groups is 6. The Bertz CT molecular complexity index is 2680. The molecule has 0 aliphatic carbocycles. The van der Waals surface area contributed by atoms with Crippen molar-refractivity contribution in [3.63, 3.8) is 0 Å². The molecule has 406 valence electrons. The summed E-state index contributed by atoms with van der Waals surface area (Å²) in [6.07, 6.45) is 6.60. The van der Waals surface area contributed by atoms with Crippen molar-refractivity contribution in [3.8, 4) is 0 Å². The molecule has 0 bridgehead atoms. The van der Waals surface area contributed by atoms with Crippen LogP contribution >= 0.6 is 0 Å². The second-order valence-electron chi connectivity index (χ2n) is 20.7. The maximum absolute atomic E-state index is 15.1. The van der Waals surface area contributed by atoms with E-state index in [4.69, 9.17) is 9.47 Å². The van der Waals surface area contributed by atoms with Gasteiger partial charge in [0, 0.05) is 31.2 Å². The van der Waals surface area contributed by atoms with Gasteiger partial charge in [-0.15, -0.1) is 19.7 Å². The average molecular weight is 1050 g/mol. The predicted molar refractivity (Wildman–Crippen MR) is 294 cm³/mol. The first-order valence-electron chi connectivity index (χ1n) is 26.9. The van der Waals surface area contributed by atoms with Crippen molar-refractivity contribution in [1.82, 2.24) is 41.7 Å². The lowest BCUT2D eigenvalue weighted by Gasteiger charge is -2.37. The van der Waals surface area contributed by atoms with Crippen LogP contribution in [0.5, 0.6) is 0 Å². The summed E-state index contributed by atoms with van der Waals surface area (Å²) >= 11 is 0. The number of carbonyl (C=O) groups excluding carboxylic acids is 6. The summed E-state index contributed by atoms with van der Waals surface area (Å²) in [4.78, 5) is 88.8. The molecule has 4 aromatic rings. The van der Waals surface area contributed by atoms with Crippen LogP contribution in [0.4, 0.5) is 0 Å². The molecular weight excluding hydrogens is 973 g/mol. The van der Waals surface area contributed by atoms with Crippen LogP contribution in [0.1, 0.15) is 98.7 Å². The van der Waals surface area contributed by atoms with Gasteiger partial charge in [0.2, 0.25) is 35.4 Å². The zero-order valence-electron chi connectivity index (χ0n) is 44.4. The van der Waals surface area contributed by atoms with Crippen LogP contribution in [0.3, 0.4) is 0 Å². The van der Waals surface area contributed by atoms with Crippen LogP contribution in [-0.2, 0) is 44.8 Å². The van der Waals surface area contributed by atoms with Gasteiger partial charge in [0.1, 0.15) is 36.6 Å². The summed E-state index contributed by atoms with van der Waals surface area (Å²) in [7, 11) is 1.67. The molecule has 77 heavy (non-hydrogen) atoms. The van der Waals surface area contributed by atoms with Crippen LogP contribution in [0.15, 0.2) is 153 Å². The van der Waals surface area contributed by atoms with Crippen LogP contribution in [0, 0.1) is 11.3 Å². The molecule has 4 fully saturated rings. The topological polar surface area (TPSA) is 200 Å². The Morgan fingerprint density at radius 1 is 0.636 bits per heavy atom. The third-order valence-electron chi connectivity index (χ3n) is 15.7. The fourth-order valence-electron chi connectivity index (χ4n) is 11.5. The molecule has 4 aliphatic heterocycles. The summed E-state index contributed by atoms with van der Waals surface area (Å²) in [6.45, 7) is 16.2. The fraction of sp³-hybridized carbons (Fsp3) is 0.410. The Hall–Kier alpha value is -7.24. The summed E-state index contributed by atoms with van der Waals surface area (Å²) in [6, 6.07) is 30.7. The van der Waals surface area contributed by atoms with E-state index < -0.39 is 66.2 Å². The number of nitrogens with one attached hydrogen (secondary N) is 6. The first-order valence-corrected chi connectivity index (χ1v) is 26.9. The second kappa shape index (κ2) is 25.7. The molecular formula is C61H74N8O8. The summed E-state index contributed by atoms with van der Waals surface area (Å²) in [5.74, 6) is -2.40. The first kappa shape index (κ1) is 56.0. The minimum Gasteiger partial charge on any atom is -0.358 e. The van der Waals surface area contributed by atoms with Gasteiger partial charge in [-0.2, -0.15) is 0 Å². The number of rotatable bonds is 22. The van der Waals surface area contributed by atoms with E-state index in [2.05, 4.69) is 51.6 Å². The number of ether oxygens (including phenoxy) is 2. The van der Waals surface area contributed by atoms with Crippen molar-refractivity contribution >= 4 is 35.4 Å². The van der Waals surface area contributed by atoms with E-state index in [0.717, 1.165) is 27.8 Å². The molecule has 6 N–H and O–H groups in total. The van der Waals surface area contributed by atoms with Gasteiger partial charge < -0.3 is 51.2 Å². The van der Waals surface area contributed by atoms with E-state index in [1.807, 2.05) is 115 Å². The summed E-state index contributed by atoms with van der Waals surface area (Å²) in [5.41, 5.74) is 3.48. The van der Waals surface area contributed by atoms with E-state index in [0.29, 0.717) is 38.6 Å². The molecule has 10 atom stereocenters. The molecule has 4 unspecified atom stereocenters. The summed E-state index contributed by atoms with van der Waals surface area (Å²) in [5, 5.41) is 18.7. The van der Waals surface area contributed by atoms with Crippen molar-refractivity contribution in [2.24, 2.45) is 11.3 Å². The standard InChI is InChI=1S/C61H74N8O8/c1-7-19-46-36-49-68(53(46)57(72)66-51(42-20-13-10-14-21-42)43-22-15-11-16-23-43)59(74)47(30-34-76-49)65-56(71)40(5)63-38-41-26-28-45(29-27-41)52(44-24-17-12-18-25-44)67-58(73)54-61(32-8-2,33-9-3)37-50-69(54)60(75)48(31-35-77-50)64-55(70)39(4)62-6/h7-18,20-29,39-40,46-54,62-63H,1-3,19,30-38H2,4-6H3,(H,64,70)(H,65,71)(H,66,72)(H,67,73)/t39-,40-,46?,47-,48-,49-,50-,52?,53?,54?/m0/s1. The van der Waals surface area contributed by atoms with Crippen molar-refractivity contribution in [3.05, 3.63) is 181 Å². The number of nitrogens with zero attached hydrogens (tertiary/aromatic N) is 2. The SMILES string of the molecule is C=CCC1C[C@@H]2OCC[C@H](NC(=O)[C@H](C)NCc3ccc(C(NC(=O)C4N5C(=O)[C@@H](NC(=O)[C@H](C)NC)CCO[C@H]5CC4(CC=C)CC=C)c4ccccc4)cc3)C(=O)N2C1C(=O)NC(c1ccccc1)c1ccccc1. The Labute approximate surface area is 452 Å². The molecule has 4 saturated heterocycles. The van der Waals surface area contributed by atoms with E-state index in [-0.39, 0.29) is 67.4 Å². The molecule has 0 aromatic heterocycles. The molecule has 16 nitrogen and oxygen atoms in total. The quantitative estimate of drug-likeness (QED) is 0.0517. The minimum absolute atomic E-state index is 0.218. The Morgan fingerprint density at radius 2 is 1.12 bits per heavy atom. The van der Waals surface area contributed by atoms with Crippen molar-refractivity contribution in [1.29, 1.82) is 0 Å². The molecule has 4 aromatic carbocycles. The zero-order chi connectivity index (χ0) is 54.6. The lowest BCUT2D eigenvalue weighted by molar-refractivity contribution is -0.150. The maximum Gasteiger partial charge on any atom is 0.247 e. The molecule has 16 heteroatoms. The van der Waals surface area contributed by atoms with Gasteiger partial charge in [-0.25, -0.2) is 0 Å². The number of hydrogen-bond acceptors (Lipinski definition) is 10. The zero-order valence-corrected chi connectivity index (χ0v) is 44.4. The minimum atomic E-state index is -0.983. The predicted octanol–water partition coefficient (Wildman–Crippen LogP) is 5.88. The van der Waals surface area contributed by atoms with E-state index >= 15 is 4.79 Å². The van der Waals surface area contributed by atoms with Gasteiger partial charge in [-0.3, -0.25) is 28.8 Å². The number of allylic oxidation sites excluding steroid dienone is 3. The van der Waals surface area contributed by atoms with Crippen LogP contribution in [0.2, 0.25) is 0 Å². The number of amides is 6. The normalized spacial score (nSPS) is 24.0. The van der Waals surface area contributed by atoms with Crippen LogP contribution < -0.4 is 31.9 Å². The van der Waals surface area contributed by atoms with E-state index in [9.17, 15) is 24.0 Å². The number of fused-ring (bicyclic) bond motifs is 2. The molecule has 0 radical (unpaired) electrons. The smallest absolute Gasteiger partial charge is 0.247 e. The fourth-order valence-corrected chi connectivity index (χ4v) is 11.5. The van der Waals surface area contributed by atoms with Crippen molar-refractivity contribution < 1.29 is 38.2 Å². The Balaban J connectivity index is 0.948. The average Bonchev–Trinajstić information content (AvgIpc) is 3.92. The van der Waals surface area contributed by atoms with Gasteiger partial charge >= 0.3 is 0 Å². The van der Waals surface area contributed by atoms with E-state index in [1.165, 1.54) is 9.80 Å². The van der Waals surface area contributed by atoms with Gasteiger partial charge in [0.05, 0.1) is 37.4 Å². The third kappa shape index (κ3) is 12.6. The highest BCUT2D eigenvalue weighted by Crippen LogP contribution is 2.49. The molecule has 6 amide bonds. The van der Waals surface area contributed by atoms with Gasteiger partial charge in [-0.1, -0.05) is 133 Å². The lowest BCUT2D eigenvalue weighted by Crippen LogP contribution is -2.59. The first-order chi connectivity index (χ1) is 37.3. The van der Waals surface area contributed by atoms with Crippen LogP contribution in [0.25, 0.3) is 0 Å². The van der Waals surface area contributed by atoms with Gasteiger partial charge in [0.15, 0.2) is 0 Å². The van der Waals surface area contributed by atoms with Gasteiger partial charge in [0.25, 0.3) is 0 Å². The number of likely N-dealkylation sites (N-methyl/N-ethyl adjacent to an activating group) is 1. The largest absolute Gasteiger partial charge is 0.358 e. The number of hydrogen-bond donors (Lipinski definition) is 6. The van der Waals surface area contributed by atoms with Crippen molar-refractivity contribution in [2.75, 3.05) is 20.3 Å². The highest BCUT2D eigenvalue weighted by atomic mass is 16.5. The molecule has 0 spiro atoms. The third-order valence-corrected chi connectivity index (χ3v) is 15.7. The Kier molecular flexibility index (Phi) is 18.7. The maximum atomic E-state index is 15.1. The number of benzene rings is 4. The molecule has 4 aliphatic rings. The van der Waals surface area contributed by atoms with E-state index in [1.54, 1.807) is 39.1 Å². The van der Waals surface area contributed by atoms with Crippen LogP contribution in [-0.4, -0.2) is 114 Å². The highest BCUT2D eigenvalue weighted by Gasteiger charge is 2.58. The summed E-state index contributed by atoms with van der Waals surface area (Å²) < 4.78 is 12.6. The monoisotopic (exact) mass is 1050 g/mol. The lowest BCUT2D eigenvalue weighted by atomic mass is 9.73. The second-order valence-corrected chi connectivity index (χ2v) is 20.7.